The predicted molar refractivity (Wildman–Crippen MR) is 114 cm³/mol. The van der Waals surface area contributed by atoms with Crippen LogP contribution in [0.1, 0.15) is 53.3 Å². The first kappa shape index (κ1) is 21.9. The Morgan fingerprint density at radius 1 is 0.862 bits per heavy atom. The van der Waals surface area contributed by atoms with Gasteiger partial charge in [0.1, 0.15) is 5.75 Å². The van der Waals surface area contributed by atoms with E-state index in [0.29, 0.717) is 12.2 Å². The summed E-state index contributed by atoms with van der Waals surface area (Å²) in [5.74, 6) is -1.36. The number of esters is 1. The van der Waals surface area contributed by atoms with Crippen molar-refractivity contribution in [2.24, 2.45) is 0 Å². The molecule has 1 aliphatic heterocycles. The van der Waals surface area contributed by atoms with Crippen LogP contribution in [0.15, 0.2) is 24.3 Å². The van der Waals surface area contributed by atoms with Gasteiger partial charge in [-0.1, -0.05) is 66.2 Å². The van der Waals surface area contributed by atoms with E-state index < -0.39 is 11.8 Å². The van der Waals surface area contributed by atoms with Crippen molar-refractivity contribution in [3.05, 3.63) is 55.5 Å². The molecule has 0 saturated carbocycles. The van der Waals surface area contributed by atoms with E-state index in [1.54, 1.807) is 0 Å². The SMILES string of the molecule is CCCCCC(=O)Oc1ccc(N2C(=O)c3c(Cl)c(Cl)c(Cl)c(Cl)c3C2=O)cc1. The highest BCUT2D eigenvalue weighted by atomic mass is 35.5. The summed E-state index contributed by atoms with van der Waals surface area (Å²) >= 11 is 24.3. The van der Waals surface area contributed by atoms with E-state index >= 15 is 0 Å². The third kappa shape index (κ3) is 4.10. The summed E-state index contributed by atoms with van der Waals surface area (Å²) in [6, 6.07) is 5.97. The van der Waals surface area contributed by atoms with Crippen LogP contribution in [0, 0.1) is 0 Å². The largest absolute Gasteiger partial charge is 0.427 e. The molecule has 0 unspecified atom stereocenters. The highest BCUT2D eigenvalue weighted by Gasteiger charge is 2.42. The van der Waals surface area contributed by atoms with E-state index in [1.807, 2.05) is 6.92 Å². The molecule has 0 atom stereocenters. The van der Waals surface area contributed by atoms with Gasteiger partial charge in [-0.15, -0.1) is 0 Å². The van der Waals surface area contributed by atoms with Gasteiger partial charge in [0.05, 0.1) is 36.9 Å². The second kappa shape index (κ2) is 8.92. The zero-order valence-corrected chi connectivity index (χ0v) is 18.3. The van der Waals surface area contributed by atoms with Crippen LogP contribution in [-0.2, 0) is 4.79 Å². The van der Waals surface area contributed by atoms with Crippen molar-refractivity contribution in [3.63, 3.8) is 0 Å². The van der Waals surface area contributed by atoms with Crippen LogP contribution in [0.3, 0.4) is 0 Å². The summed E-state index contributed by atoms with van der Waals surface area (Å²) in [4.78, 5) is 38.4. The lowest BCUT2D eigenvalue weighted by Gasteiger charge is -2.14. The van der Waals surface area contributed by atoms with Crippen molar-refractivity contribution in [1.82, 2.24) is 0 Å². The van der Waals surface area contributed by atoms with Crippen molar-refractivity contribution in [3.8, 4) is 5.75 Å². The maximum Gasteiger partial charge on any atom is 0.311 e. The quantitative estimate of drug-likeness (QED) is 0.118. The molecule has 3 rings (SSSR count). The number of rotatable bonds is 6. The second-order valence-electron chi connectivity index (χ2n) is 6.38. The lowest BCUT2D eigenvalue weighted by atomic mass is 10.1. The van der Waals surface area contributed by atoms with E-state index in [9.17, 15) is 14.4 Å². The van der Waals surface area contributed by atoms with Crippen molar-refractivity contribution < 1.29 is 19.1 Å². The van der Waals surface area contributed by atoms with Gasteiger partial charge in [0.2, 0.25) is 0 Å². The Balaban J connectivity index is 1.84. The summed E-state index contributed by atoms with van der Waals surface area (Å²) in [5, 5.41) is -0.445. The number of halogens is 4. The highest BCUT2D eigenvalue weighted by Crippen LogP contribution is 2.45. The molecule has 0 radical (unpaired) electrons. The van der Waals surface area contributed by atoms with Crippen molar-refractivity contribution in [2.75, 3.05) is 4.90 Å². The standard InChI is InChI=1S/C20H15Cl4NO4/c1-2-3-4-5-12(26)29-11-8-6-10(7-9-11)25-19(27)13-14(20(25)28)16(22)18(24)17(23)15(13)21/h6-9H,2-5H2,1H3. The number of imide groups is 1. The van der Waals surface area contributed by atoms with Crippen LogP contribution >= 0.6 is 46.4 Å². The summed E-state index contributed by atoms with van der Waals surface area (Å²) in [7, 11) is 0. The number of carbonyl (C=O) groups is 3. The van der Waals surface area contributed by atoms with Crippen LogP contribution in [-0.4, -0.2) is 17.8 Å². The average molecular weight is 475 g/mol. The van der Waals surface area contributed by atoms with E-state index in [4.69, 9.17) is 51.1 Å². The van der Waals surface area contributed by atoms with Crippen molar-refractivity contribution in [1.29, 1.82) is 0 Å². The van der Waals surface area contributed by atoms with Gasteiger partial charge in [-0.3, -0.25) is 14.4 Å². The topological polar surface area (TPSA) is 63.7 Å². The number of anilines is 1. The summed E-state index contributed by atoms with van der Waals surface area (Å²) in [6.07, 6.45) is 3.04. The number of carbonyl (C=O) groups excluding carboxylic acids is 3. The number of amides is 2. The number of unbranched alkanes of at least 4 members (excludes halogenated alkanes) is 2. The van der Waals surface area contributed by atoms with Crippen LogP contribution in [0.5, 0.6) is 5.75 Å². The first-order chi connectivity index (χ1) is 13.8. The van der Waals surface area contributed by atoms with Crippen LogP contribution in [0.25, 0.3) is 0 Å². The van der Waals surface area contributed by atoms with E-state index in [-0.39, 0.29) is 42.9 Å². The predicted octanol–water partition coefficient (Wildman–Crippen LogP) is 6.59. The molecule has 0 bridgehead atoms. The van der Waals surface area contributed by atoms with Gasteiger partial charge in [-0.2, -0.15) is 0 Å². The Bertz CT molecular complexity index is 958. The van der Waals surface area contributed by atoms with Crippen LogP contribution in [0.2, 0.25) is 20.1 Å². The molecule has 0 aliphatic carbocycles. The highest BCUT2D eigenvalue weighted by molar-refractivity contribution is 6.56. The molecular weight excluding hydrogens is 460 g/mol. The van der Waals surface area contributed by atoms with Gasteiger partial charge >= 0.3 is 5.97 Å². The molecule has 1 aliphatic rings. The van der Waals surface area contributed by atoms with Gasteiger partial charge in [-0.25, -0.2) is 4.90 Å². The Kier molecular flexibility index (Phi) is 6.74. The molecule has 0 fully saturated rings. The fraction of sp³-hybridized carbons (Fsp3) is 0.250. The molecule has 2 aromatic rings. The third-order valence-corrected chi connectivity index (χ3v) is 6.21. The van der Waals surface area contributed by atoms with Crippen LogP contribution < -0.4 is 9.64 Å². The lowest BCUT2D eigenvalue weighted by molar-refractivity contribution is -0.134. The first-order valence-corrected chi connectivity index (χ1v) is 10.3. The van der Waals surface area contributed by atoms with E-state index in [2.05, 4.69) is 0 Å². The van der Waals surface area contributed by atoms with Gasteiger partial charge < -0.3 is 4.74 Å². The number of ether oxygens (including phenoxy) is 1. The molecule has 0 N–H and O–H groups in total. The van der Waals surface area contributed by atoms with Gasteiger partial charge in [-0.05, 0) is 30.7 Å². The second-order valence-corrected chi connectivity index (χ2v) is 7.89. The summed E-state index contributed by atoms with van der Waals surface area (Å²) in [5.41, 5.74) is 0.0753. The zero-order valence-electron chi connectivity index (χ0n) is 15.2. The van der Waals surface area contributed by atoms with Gasteiger partial charge in [0.25, 0.3) is 11.8 Å². The smallest absolute Gasteiger partial charge is 0.311 e. The molecule has 0 saturated heterocycles. The maximum absolute atomic E-state index is 12.8. The molecule has 0 spiro atoms. The minimum absolute atomic E-state index is 0.0922. The molecular formula is C20H15Cl4NO4. The normalized spacial score (nSPS) is 13.1. The molecule has 2 aromatic carbocycles. The van der Waals surface area contributed by atoms with Gasteiger partial charge in [0, 0.05) is 6.42 Å². The number of benzene rings is 2. The van der Waals surface area contributed by atoms with E-state index in [0.717, 1.165) is 24.2 Å². The lowest BCUT2D eigenvalue weighted by Crippen LogP contribution is -2.29. The Hall–Kier alpha value is -1.79. The minimum Gasteiger partial charge on any atom is -0.427 e. The Morgan fingerprint density at radius 2 is 1.38 bits per heavy atom. The minimum atomic E-state index is -0.667. The fourth-order valence-corrected chi connectivity index (χ4v) is 3.96. The third-order valence-electron chi connectivity index (χ3n) is 4.41. The molecule has 5 nitrogen and oxygen atoms in total. The molecule has 9 heteroatoms. The molecule has 0 aromatic heterocycles. The average Bonchev–Trinajstić information content (AvgIpc) is 2.96. The van der Waals surface area contributed by atoms with Crippen molar-refractivity contribution >= 4 is 69.9 Å². The number of hydrogen-bond donors (Lipinski definition) is 0. The summed E-state index contributed by atoms with van der Waals surface area (Å²) in [6.45, 7) is 2.05. The first-order valence-electron chi connectivity index (χ1n) is 8.83. The molecule has 1 heterocycles. The molecule has 29 heavy (non-hydrogen) atoms. The monoisotopic (exact) mass is 473 g/mol. The number of fused-ring (bicyclic) bond motifs is 1. The number of hydrogen-bond acceptors (Lipinski definition) is 4. The van der Waals surface area contributed by atoms with E-state index in [1.165, 1.54) is 24.3 Å². The van der Waals surface area contributed by atoms with Crippen LogP contribution in [0.4, 0.5) is 5.69 Å². The maximum atomic E-state index is 12.8. The zero-order chi connectivity index (χ0) is 21.3. The Labute approximate surface area is 187 Å². The molecule has 2 amide bonds. The van der Waals surface area contributed by atoms with Crippen molar-refractivity contribution in [2.45, 2.75) is 32.6 Å². The molecule has 152 valence electrons. The fourth-order valence-electron chi connectivity index (χ4n) is 2.95. The number of nitrogens with zero attached hydrogens (tertiary/aromatic N) is 1. The summed E-state index contributed by atoms with van der Waals surface area (Å²) < 4.78 is 5.26. The van der Waals surface area contributed by atoms with Gasteiger partial charge in [0.15, 0.2) is 0 Å². The Morgan fingerprint density at radius 3 is 1.86 bits per heavy atom.